The molecular formula is C19H19N3O4. The predicted octanol–water partition coefficient (Wildman–Crippen LogP) is 3.67. The standard InChI is InChI=1S/C19H19N3O4/c1-25-15-9-6-13(7-10-15)19-16-4-2-3-5-17(16)21(20-19)18-11-8-14(12-26-18)22(23)24/h2-7,9-10,14,18H,8,11-12H2,1H3. The monoisotopic (exact) mass is 353 g/mol. The molecule has 0 N–H and O–H groups in total. The topological polar surface area (TPSA) is 79.4 Å². The van der Waals surface area contributed by atoms with E-state index in [1.165, 1.54) is 0 Å². The predicted molar refractivity (Wildman–Crippen MR) is 96.7 cm³/mol. The number of fused-ring (bicyclic) bond motifs is 1. The molecule has 0 aliphatic carbocycles. The van der Waals surface area contributed by atoms with Crippen LogP contribution < -0.4 is 4.74 Å². The Morgan fingerprint density at radius 1 is 1.19 bits per heavy atom. The summed E-state index contributed by atoms with van der Waals surface area (Å²) in [5, 5.41) is 16.8. The third kappa shape index (κ3) is 2.90. The van der Waals surface area contributed by atoms with E-state index in [0.717, 1.165) is 27.9 Å². The molecule has 7 nitrogen and oxygen atoms in total. The van der Waals surface area contributed by atoms with Crippen LogP contribution in [0.2, 0.25) is 0 Å². The van der Waals surface area contributed by atoms with Gasteiger partial charge in [-0.05, 0) is 30.3 Å². The van der Waals surface area contributed by atoms with Crippen LogP contribution in [0.4, 0.5) is 0 Å². The van der Waals surface area contributed by atoms with Gasteiger partial charge in [-0.15, -0.1) is 0 Å². The number of hydrogen-bond acceptors (Lipinski definition) is 5. The SMILES string of the molecule is COc1ccc(-c2nn(C3CCC([N+](=O)[O-])CO3)c3ccccc23)cc1. The number of benzene rings is 2. The van der Waals surface area contributed by atoms with E-state index in [2.05, 4.69) is 0 Å². The van der Waals surface area contributed by atoms with Crippen LogP contribution >= 0.6 is 0 Å². The summed E-state index contributed by atoms with van der Waals surface area (Å²) in [7, 11) is 1.64. The second-order valence-electron chi connectivity index (χ2n) is 6.34. The Bertz CT molecular complexity index is 928. The number of methoxy groups -OCH3 is 1. The molecule has 7 heteroatoms. The lowest BCUT2D eigenvalue weighted by atomic mass is 10.1. The number of aromatic nitrogens is 2. The number of ether oxygens (including phenoxy) is 2. The molecule has 1 aliphatic heterocycles. The molecule has 26 heavy (non-hydrogen) atoms. The van der Waals surface area contributed by atoms with Gasteiger partial charge in [-0.2, -0.15) is 5.10 Å². The lowest BCUT2D eigenvalue weighted by molar-refractivity contribution is -0.533. The maximum absolute atomic E-state index is 10.9. The van der Waals surface area contributed by atoms with Crippen molar-refractivity contribution in [3.63, 3.8) is 0 Å². The minimum absolute atomic E-state index is 0.115. The van der Waals surface area contributed by atoms with Crippen molar-refractivity contribution >= 4 is 10.9 Å². The second-order valence-corrected chi connectivity index (χ2v) is 6.34. The Balaban J connectivity index is 1.71. The van der Waals surface area contributed by atoms with Gasteiger partial charge in [0, 0.05) is 28.7 Å². The van der Waals surface area contributed by atoms with Crippen molar-refractivity contribution in [1.29, 1.82) is 0 Å². The molecular weight excluding hydrogens is 334 g/mol. The van der Waals surface area contributed by atoms with Crippen LogP contribution in [0.15, 0.2) is 48.5 Å². The maximum atomic E-state index is 10.9. The summed E-state index contributed by atoms with van der Waals surface area (Å²) in [6.07, 6.45) is 0.770. The number of para-hydroxylation sites is 1. The molecule has 2 atom stereocenters. The van der Waals surface area contributed by atoms with E-state index in [4.69, 9.17) is 14.6 Å². The first-order valence-electron chi connectivity index (χ1n) is 8.54. The van der Waals surface area contributed by atoms with Gasteiger partial charge in [0.05, 0.1) is 12.6 Å². The highest BCUT2D eigenvalue weighted by Gasteiger charge is 2.31. The van der Waals surface area contributed by atoms with E-state index in [1.807, 2.05) is 53.2 Å². The second kappa shape index (κ2) is 6.76. The first kappa shape index (κ1) is 16.5. The molecule has 0 spiro atoms. The molecule has 2 heterocycles. The average molecular weight is 353 g/mol. The lowest BCUT2D eigenvalue weighted by Gasteiger charge is -2.25. The van der Waals surface area contributed by atoms with Gasteiger partial charge in [-0.1, -0.05) is 18.2 Å². The van der Waals surface area contributed by atoms with E-state index in [0.29, 0.717) is 12.8 Å². The summed E-state index contributed by atoms with van der Waals surface area (Å²) < 4.78 is 12.8. The van der Waals surface area contributed by atoms with Crippen LogP contribution in [0, 0.1) is 10.1 Å². The summed E-state index contributed by atoms with van der Waals surface area (Å²) in [6, 6.07) is 15.1. The summed E-state index contributed by atoms with van der Waals surface area (Å²) in [4.78, 5) is 10.7. The fourth-order valence-electron chi connectivity index (χ4n) is 3.35. The molecule has 1 saturated heterocycles. The normalized spacial score (nSPS) is 20.2. The first-order chi connectivity index (χ1) is 12.7. The zero-order chi connectivity index (χ0) is 18.1. The molecule has 4 rings (SSSR count). The van der Waals surface area contributed by atoms with Crippen molar-refractivity contribution in [3.05, 3.63) is 58.6 Å². The zero-order valence-electron chi connectivity index (χ0n) is 14.4. The molecule has 1 aliphatic rings. The molecule has 2 unspecified atom stereocenters. The molecule has 1 fully saturated rings. The van der Waals surface area contributed by atoms with Gasteiger partial charge in [0.15, 0.2) is 6.23 Å². The van der Waals surface area contributed by atoms with E-state index in [9.17, 15) is 10.1 Å². The van der Waals surface area contributed by atoms with Gasteiger partial charge in [0.25, 0.3) is 0 Å². The highest BCUT2D eigenvalue weighted by Crippen LogP contribution is 2.33. The molecule has 0 saturated carbocycles. The smallest absolute Gasteiger partial charge is 0.236 e. The van der Waals surface area contributed by atoms with Crippen LogP contribution in [0.25, 0.3) is 22.2 Å². The van der Waals surface area contributed by atoms with Gasteiger partial charge in [-0.25, -0.2) is 4.68 Å². The molecule has 0 bridgehead atoms. The number of hydrogen-bond donors (Lipinski definition) is 0. The van der Waals surface area contributed by atoms with Crippen LogP contribution in [0.1, 0.15) is 19.1 Å². The Hall–Kier alpha value is -2.93. The summed E-state index contributed by atoms with van der Waals surface area (Å²) >= 11 is 0. The molecule has 1 aromatic heterocycles. The quantitative estimate of drug-likeness (QED) is 0.528. The van der Waals surface area contributed by atoms with E-state index in [1.54, 1.807) is 7.11 Å². The van der Waals surface area contributed by atoms with Gasteiger partial charge < -0.3 is 9.47 Å². The Morgan fingerprint density at radius 2 is 1.96 bits per heavy atom. The largest absolute Gasteiger partial charge is 0.497 e. The van der Waals surface area contributed by atoms with E-state index >= 15 is 0 Å². The summed E-state index contributed by atoms with van der Waals surface area (Å²) in [5.74, 6) is 0.791. The zero-order valence-corrected chi connectivity index (χ0v) is 14.4. The average Bonchev–Trinajstić information content (AvgIpc) is 3.08. The summed E-state index contributed by atoms with van der Waals surface area (Å²) in [6.45, 7) is 0.115. The van der Waals surface area contributed by atoms with Gasteiger partial charge >= 0.3 is 0 Å². The fourth-order valence-corrected chi connectivity index (χ4v) is 3.35. The molecule has 134 valence electrons. The van der Waals surface area contributed by atoms with E-state index < -0.39 is 6.04 Å². The molecule has 0 amide bonds. The van der Waals surface area contributed by atoms with Crippen molar-refractivity contribution < 1.29 is 14.4 Å². The minimum atomic E-state index is -0.630. The Kier molecular flexibility index (Phi) is 4.30. The number of nitro groups is 1. The van der Waals surface area contributed by atoms with Gasteiger partial charge in [0.1, 0.15) is 18.1 Å². The van der Waals surface area contributed by atoms with Crippen molar-refractivity contribution in [2.45, 2.75) is 25.1 Å². The Labute approximate surface area is 150 Å². The third-order valence-electron chi connectivity index (χ3n) is 4.78. The van der Waals surface area contributed by atoms with Crippen molar-refractivity contribution in [2.75, 3.05) is 13.7 Å². The van der Waals surface area contributed by atoms with Crippen LogP contribution in [0.3, 0.4) is 0 Å². The van der Waals surface area contributed by atoms with Crippen molar-refractivity contribution in [3.8, 4) is 17.0 Å². The maximum Gasteiger partial charge on any atom is 0.236 e. The fraction of sp³-hybridized carbons (Fsp3) is 0.316. The van der Waals surface area contributed by atoms with Crippen LogP contribution in [-0.2, 0) is 4.74 Å². The van der Waals surface area contributed by atoms with E-state index in [-0.39, 0.29) is 17.8 Å². The van der Waals surface area contributed by atoms with Crippen molar-refractivity contribution in [1.82, 2.24) is 9.78 Å². The number of nitrogens with zero attached hydrogens (tertiary/aromatic N) is 3. The van der Waals surface area contributed by atoms with Crippen molar-refractivity contribution in [2.24, 2.45) is 0 Å². The summed E-state index contributed by atoms with van der Waals surface area (Å²) in [5.41, 5.74) is 2.81. The third-order valence-corrected chi connectivity index (χ3v) is 4.78. The lowest BCUT2D eigenvalue weighted by Crippen LogP contribution is -2.33. The van der Waals surface area contributed by atoms with Crippen LogP contribution in [-0.4, -0.2) is 34.5 Å². The molecule has 3 aromatic rings. The number of rotatable bonds is 4. The molecule has 2 aromatic carbocycles. The Morgan fingerprint density at radius 3 is 2.62 bits per heavy atom. The minimum Gasteiger partial charge on any atom is -0.497 e. The molecule has 0 radical (unpaired) electrons. The first-order valence-corrected chi connectivity index (χ1v) is 8.54. The van der Waals surface area contributed by atoms with Crippen LogP contribution in [0.5, 0.6) is 5.75 Å². The highest BCUT2D eigenvalue weighted by molar-refractivity contribution is 5.93. The van der Waals surface area contributed by atoms with Gasteiger partial charge in [0.2, 0.25) is 6.04 Å². The van der Waals surface area contributed by atoms with Gasteiger partial charge in [-0.3, -0.25) is 10.1 Å². The highest BCUT2D eigenvalue weighted by atomic mass is 16.6.